The maximum atomic E-state index is 12.6. The topological polar surface area (TPSA) is 90.0 Å². The summed E-state index contributed by atoms with van der Waals surface area (Å²) in [5.41, 5.74) is 2.36. The molecule has 2 aromatic rings. The molecule has 154 valence electrons. The highest BCUT2D eigenvalue weighted by atomic mass is 32.2. The van der Waals surface area contributed by atoms with Crippen molar-refractivity contribution in [3.05, 3.63) is 59.7 Å². The molecular formula is C21H23NO6S. The molecule has 0 aliphatic carbocycles. The monoisotopic (exact) mass is 417 g/mol. The Kier molecular flexibility index (Phi) is 6.22. The smallest absolute Gasteiger partial charge is 0.344 e. The van der Waals surface area contributed by atoms with Gasteiger partial charge in [0.2, 0.25) is 0 Å². The van der Waals surface area contributed by atoms with Crippen LogP contribution in [0.15, 0.2) is 48.5 Å². The highest BCUT2D eigenvalue weighted by Crippen LogP contribution is 2.21. The van der Waals surface area contributed by atoms with Crippen molar-refractivity contribution in [3.63, 3.8) is 0 Å². The number of hydrogen-bond acceptors (Lipinski definition) is 6. The Morgan fingerprint density at radius 2 is 1.72 bits per heavy atom. The second kappa shape index (κ2) is 8.65. The molecule has 1 unspecified atom stereocenters. The van der Waals surface area contributed by atoms with Crippen LogP contribution < -0.4 is 9.64 Å². The first-order valence-corrected chi connectivity index (χ1v) is 11.0. The van der Waals surface area contributed by atoms with E-state index < -0.39 is 21.9 Å². The first-order valence-electron chi connectivity index (χ1n) is 9.21. The molecule has 1 fully saturated rings. The number of aryl methyl sites for hydroxylation is 1. The predicted molar refractivity (Wildman–Crippen MR) is 109 cm³/mol. The number of anilines is 1. The van der Waals surface area contributed by atoms with Gasteiger partial charge in [-0.25, -0.2) is 13.2 Å². The molecule has 1 amide bonds. The van der Waals surface area contributed by atoms with Crippen LogP contribution in [0.4, 0.5) is 5.69 Å². The van der Waals surface area contributed by atoms with E-state index in [-0.39, 0.29) is 24.0 Å². The van der Waals surface area contributed by atoms with Crippen LogP contribution in [0.2, 0.25) is 0 Å². The Labute approximate surface area is 170 Å². The van der Waals surface area contributed by atoms with E-state index >= 15 is 0 Å². The summed E-state index contributed by atoms with van der Waals surface area (Å²) < 4.78 is 33.3. The normalized spacial score (nSPS) is 17.5. The van der Waals surface area contributed by atoms with Crippen molar-refractivity contribution in [2.24, 2.45) is 0 Å². The fourth-order valence-electron chi connectivity index (χ4n) is 2.99. The summed E-state index contributed by atoms with van der Waals surface area (Å²) in [5, 5.41) is 0. The fourth-order valence-corrected chi connectivity index (χ4v) is 4.58. The standard InChI is InChI=1S/C21H23NO6S/c1-15-3-5-16(6-4-15)21(24)22(2)17-7-9-18(10-8-17)27-13-20(23)28-19-11-12-29(25,26)14-19/h3-10,19H,11-14H2,1-2H3. The summed E-state index contributed by atoms with van der Waals surface area (Å²) in [4.78, 5) is 25.9. The maximum absolute atomic E-state index is 12.6. The van der Waals surface area contributed by atoms with Gasteiger partial charge in [0, 0.05) is 18.3 Å². The number of sulfone groups is 1. The summed E-state index contributed by atoms with van der Waals surface area (Å²) in [6.45, 7) is 1.65. The van der Waals surface area contributed by atoms with Crippen molar-refractivity contribution in [1.82, 2.24) is 0 Å². The zero-order valence-electron chi connectivity index (χ0n) is 16.3. The number of hydrogen-bond donors (Lipinski definition) is 0. The lowest BCUT2D eigenvalue weighted by Gasteiger charge is -2.18. The summed E-state index contributed by atoms with van der Waals surface area (Å²) in [7, 11) is -1.42. The minimum Gasteiger partial charge on any atom is -0.482 e. The van der Waals surface area contributed by atoms with E-state index in [9.17, 15) is 18.0 Å². The first-order chi connectivity index (χ1) is 13.7. The number of ether oxygens (including phenoxy) is 2. The molecule has 0 saturated carbocycles. The second-order valence-electron chi connectivity index (χ2n) is 7.03. The molecule has 1 aliphatic heterocycles. The van der Waals surface area contributed by atoms with Crippen LogP contribution in [-0.2, 0) is 19.4 Å². The number of nitrogens with zero attached hydrogens (tertiary/aromatic N) is 1. The molecular weight excluding hydrogens is 394 g/mol. The van der Waals surface area contributed by atoms with Gasteiger partial charge in [-0.1, -0.05) is 17.7 Å². The Balaban J connectivity index is 1.52. The highest BCUT2D eigenvalue weighted by molar-refractivity contribution is 7.91. The molecule has 0 N–H and O–H groups in total. The van der Waals surface area contributed by atoms with E-state index in [4.69, 9.17) is 9.47 Å². The SMILES string of the molecule is Cc1ccc(C(=O)N(C)c2ccc(OCC(=O)OC3CCS(=O)(=O)C3)cc2)cc1. The second-order valence-corrected chi connectivity index (χ2v) is 9.26. The number of esters is 1. The van der Waals surface area contributed by atoms with Gasteiger partial charge < -0.3 is 14.4 Å². The van der Waals surface area contributed by atoms with Gasteiger partial charge in [-0.2, -0.15) is 0 Å². The van der Waals surface area contributed by atoms with Gasteiger partial charge in [0.25, 0.3) is 5.91 Å². The molecule has 29 heavy (non-hydrogen) atoms. The summed E-state index contributed by atoms with van der Waals surface area (Å²) in [6.07, 6.45) is -0.274. The van der Waals surface area contributed by atoms with Gasteiger partial charge in [-0.3, -0.25) is 4.79 Å². The molecule has 2 aromatic carbocycles. The van der Waals surface area contributed by atoms with Crippen molar-refractivity contribution in [1.29, 1.82) is 0 Å². The molecule has 1 aliphatic rings. The van der Waals surface area contributed by atoms with Gasteiger partial charge in [-0.05, 0) is 49.7 Å². The van der Waals surface area contributed by atoms with Crippen molar-refractivity contribution in [2.75, 3.05) is 30.1 Å². The van der Waals surface area contributed by atoms with E-state index in [1.165, 1.54) is 4.90 Å². The number of rotatable bonds is 6. The predicted octanol–water partition coefficient (Wildman–Crippen LogP) is 2.38. The number of carbonyl (C=O) groups excluding carboxylic acids is 2. The van der Waals surface area contributed by atoms with Crippen molar-refractivity contribution in [3.8, 4) is 5.75 Å². The van der Waals surface area contributed by atoms with Gasteiger partial charge in [0.15, 0.2) is 16.4 Å². The zero-order valence-corrected chi connectivity index (χ0v) is 17.1. The number of carbonyl (C=O) groups is 2. The van der Waals surface area contributed by atoms with Crippen LogP contribution in [0.25, 0.3) is 0 Å². The molecule has 0 aromatic heterocycles. The highest BCUT2D eigenvalue weighted by Gasteiger charge is 2.30. The molecule has 1 heterocycles. The van der Waals surface area contributed by atoms with Crippen molar-refractivity contribution >= 4 is 27.4 Å². The van der Waals surface area contributed by atoms with Crippen LogP contribution in [0.1, 0.15) is 22.3 Å². The molecule has 7 nitrogen and oxygen atoms in total. The maximum Gasteiger partial charge on any atom is 0.344 e. The molecule has 0 spiro atoms. The third-order valence-electron chi connectivity index (χ3n) is 4.67. The van der Waals surface area contributed by atoms with Crippen LogP contribution in [0, 0.1) is 6.92 Å². The van der Waals surface area contributed by atoms with Gasteiger partial charge in [-0.15, -0.1) is 0 Å². The molecule has 3 rings (SSSR count). The molecule has 0 radical (unpaired) electrons. The van der Waals surface area contributed by atoms with Crippen LogP contribution >= 0.6 is 0 Å². The van der Waals surface area contributed by atoms with E-state index in [1.54, 1.807) is 43.4 Å². The van der Waals surface area contributed by atoms with E-state index in [0.29, 0.717) is 23.4 Å². The molecule has 1 saturated heterocycles. The average molecular weight is 417 g/mol. The third kappa shape index (κ3) is 5.57. The largest absolute Gasteiger partial charge is 0.482 e. The van der Waals surface area contributed by atoms with E-state index in [2.05, 4.69) is 0 Å². The average Bonchev–Trinajstić information content (AvgIpc) is 3.04. The fraction of sp³-hybridized carbons (Fsp3) is 0.333. The third-order valence-corrected chi connectivity index (χ3v) is 6.41. The Morgan fingerprint density at radius 1 is 1.07 bits per heavy atom. The van der Waals surface area contributed by atoms with E-state index in [1.807, 2.05) is 19.1 Å². The van der Waals surface area contributed by atoms with Crippen LogP contribution in [0.5, 0.6) is 5.75 Å². The molecule has 1 atom stereocenters. The van der Waals surface area contributed by atoms with Gasteiger partial charge in [0.05, 0.1) is 11.5 Å². The lowest BCUT2D eigenvalue weighted by Crippen LogP contribution is -2.26. The Hall–Kier alpha value is -2.87. The first kappa shape index (κ1) is 20.9. The van der Waals surface area contributed by atoms with Crippen molar-refractivity contribution in [2.45, 2.75) is 19.4 Å². The summed E-state index contributed by atoms with van der Waals surface area (Å²) in [5.74, 6) is -0.380. The molecule has 8 heteroatoms. The summed E-state index contributed by atoms with van der Waals surface area (Å²) >= 11 is 0. The number of amides is 1. The number of benzene rings is 2. The Bertz CT molecular complexity index is 983. The lowest BCUT2D eigenvalue weighted by molar-refractivity contribution is -0.150. The summed E-state index contributed by atoms with van der Waals surface area (Å²) in [6, 6.07) is 14.1. The van der Waals surface area contributed by atoms with Crippen molar-refractivity contribution < 1.29 is 27.5 Å². The van der Waals surface area contributed by atoms with Crippen LogP contribution in [-0.4, -0.2) is 51.6 Å². The zero-order chi connectivity index (χ0) is 21.0. The Morgan fingerprint density at radius 3 is 2.31 bits per heavy atom. The van der Waals surface area contributed by atoms with Gasteiger partial charge in [0.1, 0.15) is 11.9 Å². The lowest BCUT2D eigenvalue weighted by atomic mass is 10.1. The van der Waals surface area contributed by atoms with Gasteiger partial charge >= 0.3 is 5.97 Å². The molecule has 0 bridgehead atoms. The van der Waals surface area contributed by atoms with E-state index in [0.717, 1.165) is 5.56 Å². The quantitative estimate of drug-likeness (QED) is 0.671. The minimum atomic E-state index is -3.10. The minimum absolute atomic E-state index is 0.0437. The van der Waals surface area contributed by atoms with Crippen LogP contribution in [0.3, 0.4) is 0 Å².